The van der Waals surface area contributed by atoms with Crippen LogP contribution in [0.3, 0.4) is 0 Å². The van der Waals surface area contributed by atoms with Gasteiger partial charge in [-0.1, -0.05) is 0 Å². The Balaban J connectivity index is 1.85. The number of ether oxygens (including phenoxy) is 4. The van der Waals surface area contributed by atoms with E-state index in [2.05, 4.69) is 25.0 Å². The number of rotatable bonds is 7. The molecule has 1 aliphatic heterocycles. The minimum Gasteiger partial charge on any atom is -0.493 e. The van der Waals surface area contributed by atoms with Gasteiger partial charge in [0.1, 0.15) is 5.82 Å². The third kappa shape index (κ3) is 4.42. The zero-order valence-electron chi connectivity index (χ0n) is 36.3. The summed E-state index contributed by atoms with van der Waals surface area (Å²) in [4.78, 5) is 24.0. The van der Waals surface area contributed by atoms with Crippen molar-refractivity contribution in [1.29, 1.82) is 0 Å². The smallest absolute Gasteiger partial charge is 0.269 e. The van der Waals surface area contributed by atoms with E-state index in [9.17, 15) is 4.79 Å². The molecule has 0 aliphatic carbocycles. The maximum absolute atomic E-state index is 15.1. The fraction of sp³-hybridized carbons (Fsp3) is 0.273. The van der Waals surface area contributed by atoms with Crippen LogP contribution in [-0.2, 0) is 4.79 Å². The lowest BCUT2D eigenvalue weighted by molar-refractivity contribution is -0.129. The van der Waals surface area contributed by atoms with E-state index in [-0.39, 0.29) is 5.31 Å². The zero-order chi connectivity index (χ0) is 41.3. The normalized spacial score (nSPS) is 24.2. The molecular formula is C22H23FN6O5. The molecule has 3 N–H and O–H groups in total. The zero-order valence-corrected chi connectivity index (χ0v) is 16.3. The maximum atomic E-state index is 15.1. The number of benzene rings is 1. The van der Waals surface area contributed by atoms with Crippen LogP contribution in [0.4, 0.5) is 33.5 Å². The van der Waals surface area contributed by atoms with E-state index in [4.69, 9.17) is 41.7 Å². The highest BCUT2D eigenvalue weighted by Crippen LogP contribution is 2.40. The Morgan fingerprint density at radius 1 is 1.18 bits per heavy atom. The number of nitrogens with one attached hydrogen (secondary N) is 3. The second kappa shape index (κ2) is 8.89. The van der Waals surface area contributed by atoms with Crippen LogP contribution in [0.1, 0.15) is 39.7 Å². The molecule has 0 fully saturated rings. The van der Waals surface area contributed by atoms with E-state index >= 15 is 4.39 Å². The quantitative estimate of drug-likeness (QED) is 0.451. The first kappa shape index (κ1) is 8.78. The Hall–Kier alpha value is -4.35. The molecule has 1 amide bonds. The van der Waals surface area contributed by atoms with Crippen LogP contribution >= 0.6 is 0 Å². The van der Waals surface area contributed by atoms with Crippen LogP contribution in [0.25, 0.3) is 0 Å². The average Bonchev–Trinajstić information content (AvgIpc) is 2.98. The minimum atomic E-state index is -3.65. The SMILES string of the molecule is [2H]c1c(N([2H])c2nc(Nc3c([2H])c(OC([2H])([2H])[2H])c(OC([2H])([2H])[2H])c(OC([2H])([2H])[2H])c3[2H])ncc2F)nc2c(c1[2H])OC(C([2H])([2H])[2H])(C([2H])([2H])[2H])C(=O)N2. The van der Waals surface area contributed by atoms with E-state index in [0.717, 1.165) is 0 Å². The predicted octanol–water partition coefficient (Wildman–Crippen LogP) is 3.63. The maximum Gasteiger partial charge on any atom is 0.269 e. The lowest BCUT2D eigenvalue weighted by atomic mass is 10.1. The van der Waals surface area contributed by atoms with Crippen molar-refractivity contribution in [2.45, 2.75) is 19.3 Å². The molecule has 1 aromatic carbocycles. The van der Waals surface area contributed by atoms with Crippen molar-refractivity contribution in [2.24, 2.45) is 0 Å². The standard InChI is InChI=1S/C22H23FN6O5/c1-22(2)20(30)28-19-13(34-22)6-7-16(27-19)26-18-12(23)10-24-21(29-18)25-11-8-14(31-3)17(33-5)15(9-11)32-4/h6-10H,1-5H3,(H3,24,25,26,27,28,29,30)/i1D3,2D3,3D3,4D3,5D3,6D,7D,8D,9D/hD. The fourth-order valence-corrected chi connectivity index (χ4v) is 2.45. The predicted molar refractivity (Wildman–Crippen MR) is 122 cm³/mol. The van der Waals surface area contributed by atoms with Gasteiger partial charge in [0.2, 0.25) is 11.7 Å². The van der Waals surface area contributed by atoms with Gasteiger partial charge in [0, 0.05) is 26.0 Å². The van der Waals surface area contributed by atoms with E-state index in [1.165, 1.54) is 0 Å². The third-order valence-corrected chi connectivity index (χ3v) is 3.90. The van der Waals surface area contributed by atoms with Crippen molar-refractivity contribution < 1.29 is 55.6 Å². The monoisotopic (exact) mass is 490 g/mol. The number of carbonyl (C=O) groups is 1. The van der Waals surface area contributed by atoms with Crippen LogP contribution in [0.2, 0.25) is 1.41 Å². The summed E-state index contributed by atoms with van der Waals surface area (Å²) < 4.78 is 190. The van der Waals surface area contributed by atoms with Gasteiger partial charge in [0.15, 0.2) is 41.7 Å². The molecule has 1 aliphatic rings. The Labute approximate surface area is 222 Å². The number of methoxy groups -OCH3 is 3. The first-order chi connectivity index (χ1) is 24.3. The molecule has 3 heterocycles. The molecule has 3 aromatic rings. The summed E-state index contributed by atoms with van der Waals surface area (Å²) in [6.07, 6.45) is 0.390. The molecule has 4 rings (SSSR count). The van der Waals surface area contributed by atoms with Crippen LogP contribution in [-0.4, -0.2) is 47.6 Å². The lowest BCUT2D eigenvalue weighted by Gasteiger charge is -2.30. The molecule has 0 unspecified atom stereocenters. The number of anilines is 5. The number of carbonyl (C=O) groups excluding carboxylic acids is 1. The van der Waals surface area contributed by atoms with Gasteiger partial charge in [-0.3, -0.25) is 4.79 Å². The van der Waals surface area contributed by atoms with Crippen LogP contribution in [0, 0.1) is 5.82 Å². The topological polar surface area (TPSA) is 129 Å². The van der Waals surface area contributed by atoms with Gasteiger partial charge in [-0.05, 0) is 25.8 Å². The number of amides is 1. The van der Waals surface area contributed by atoms with Gasteiger partial charge < -0.3 is 34.9 Å². The minimum absolute atomic E-state index is 0.0345. The number of hydrogen-bond donors (Lipinski definition) is 3. The van der Waals surface area contributed by atoms with Crippen molar-refractivity contribution >= 4 is 35.0 Å². The summed E-state index contributed by atoms with van der Waals surface area (Å²) in [6, 6.07) is -4.56. The Morgan fingerprint density at radius 3 is 2.65 bits per heavy atom. The molecule has 0 saturated carbocycles. The molecule has 178 valence electrons. The Morgan fingerprint density at radius 2 is 1.94 bits per heavy atom. The van der Waals surface area contributed by atoms with Crippen molar-refractivity contribution in [2.75, 3.05) is 37.1 Å². The van der Waals surface area contributed by atoms with Crippen molar-refractivity contribution in [3.63, 3.8) is 0 Å². The van der Waals surface area contributed by atoms with Crippen molar-refractivity contribution in [3.8, 4) is 23.0 Å². The van der Waals surface area contributed by atoms with E-state index in [1.54, 1.807) is 0 Å². The van der Waals surface area contributed by atoms with Gasteiger partial charge in [-0.15, -0.1) is 0 Å². The second-order valence-electron chi connectivity index (χ2n) is 6.12. The van der Waals surface area contributed by atoms with Gasteiger partial charge >= 0.3 is 0 Å². The summed E-state index contributed by atoms with van der Waals surface area (Å²) >= 11 is 0. The second-order valence-corrected chi connectivity index (χ2v) is 6.12. The van der Waals surface area contributed by atoms with E-state index < -0.39 is 128 Å². The molecule has 12 heteroatoms. The summed E-state index contributed by atoms with van der Waals surface area (Å²) in [6.45, 7) is -7.30. The highest BCUT2D eigenvalue weighted by molar-refractivity contribution is 5.99. The molecule has 11 nitrogen and oxygen atoms in total. The van der Waals surface area contributed by atoms with Gasteiger partial charge in [-0.2, -0.15) is 4.98 Å². The highest BCUT2D eigenvalue weighted by atomic mass is 19.1. The molecule has 2 aromatic heterocycles. The molecule has 0 radical (unpaired) electrons. The fourth-order valence-electron chi connectivity index (χ4n) is 2.45. The van der Waals surface area contributed by atoms with E-state index in [1.807, 2.05) is 5.32 Å². The summed E-state index contributed by atoms with van der Waals surface area (Å²) in [5, 5.41) is 4.03. The Bertz CT molecular complexity index is 1930. The number of nitrogens with zero attached hydrogens (tertiary/aromatic N) is 3. The van der Waals surface area contributed by atoms with Crippen molar-refractivity contribution in [1.82, 2.24) is 15.0 Å². The summed E-state index contributed by atoms with van der Waals surface area (Å²) in [5.41, 5.74) is -4.49. The molecule has 0 bridgehead atoms. The van der Waals surface area contributed by atoms with E-state index in [0.29, 0.717) is 6.20 Å². The third-order valence-electron chi connectivity index (χ3n) is 3.90. The van der Waals surface area contributed by atoms with Gasteiger partial charge in [0.25, 0.3) is 5.91 Å². The van der Waals surface area contributed by atoms with Gasteiger partial charge in [-0.25, -0.2) is 14.4 Å². The van der Waals surface area contributed by atoms with Crippen LogP contribution in [0.15, 0.2) is 30.4 Å². The van der Waals surface area contributed by atoms with Crippen molar-refractivity contribution in [3.05, 3.63) is 36.2 Å². The summed E-state index contributed by atoms with van der Waals surface area (Å²) in [5.74, 6) is -11.8. The molecule has 0 saturated heterocycles. The number of halogens is 1. The number of hydrogen-bond acceptors (Lipinski definition) is 10. The van der Waals surface area contributed by atoms with Crippen LogP contribution < -0.4 is 34.9 Å². The molecule has 0 atom stereocenters. The van der Waals surface area contributed by atoms with Gasteiger partial charge in [0.05, 0.1) is 45.1 Å². The lowest BCUT2D eigenvalue weighted by Crippen LogP contribution is -2.46. The molecule has 0 spiro atoms. The number of aromatic nitrogens is 3. The number of pyridine rings is 1. The summed E-state index contributed by atoms with van der Waals surface area (Å²) in [7, 11) is -10.3. The largest absolute Gasteiger partial charge is 0.493 e. The first-order valence-electron chi connectivity index (χ1n) is 18.6. The average molecular weight is 491 g/mol. The highest BCUT2D eigenvalue weighted by Gasteiger charge is 2.36. The number of fused-ring (bicyclic) bond motifs is 1. The van der Waals surface area contributed by atoms with Crippen LogP contribution in [0.5, 0.6) is 23.0 Å². The molecular weight excluding hydrogens is 447 g/mol. The first-order valence-corrected chi connectivity index (χ1v) is 8.64. The Kier molecular flexibility index (Phi) is 2.29. The molecule has 34 heavy (non-hydrogen) atoms.